The molecule has 0 fully saturated rings. The molecule has 78 valence electrons. The summed E-state index contributed by atoms with van der Waals surface area (Å²) in [5, 5.41) is 8.95. The van der Waals surface area contributed by atoms with Crippen LogP contribution < -0.4 is 0 Å². The number of benzene rings is 2. The van der Waals surface area contributed by atoms with Gasteiger partial charge in [0.15, 0.2) is 0 Å². The molecule has 2 aromatic carbocycles. The zero-order valence-electron chi connectivity index (χ0n) is 8.85. The summed E-state index contributed by atoms with van der Waals surface area (Å²) in [6.07, 6.45) is 5.30. The lowest BCUT2D eigenvalue weighted by Crippen LogP contribution is -1.83. The van der Waals surface area contributed by atoms with Gasteiger partial charge in [-0.05, 0) is 28.8 Å². The number of terminal acetylenes is 1. The second-order valence-electron chi connectivity index (χ2n) is 3.58. The SMILES string of the molecule is C#Cc1ccc(-c2ccc(CO)cc2)cc1. The molecule has 0 unspecified atom stereocenters. The van der Waals surface area contributed by atoms with Crippen LogP contribution in [0.5, 0.6) is 0 Å². The monoisotopic (exact) mass is 208 g/mol. The molecule has 0 aliphatic rings. The molecule has 2 aromatic rings. The molecule has 0 heterocycles. The average molecular weight is 208 g/mol. The molecule has 0 aliphatic heterocycles. The highest BCUT2D eigenvalue weighted by atomic mass is 16.3. The van der Waals surface area contributed by atoms with E-state index >= 15 is 0 Å². The van der Waals surface area contributed by atoms with Crippen molar-refractivity contribution in [2.75, 3.05) is 0 Å². The first-order valence-corrected chi connectivity index (χ1v) is 5.10. The first-order valence-electron chi connectivity index (χ1n) is 5.10. The van der Waals surface area contributed by atoms with Crippen molar-refractivity contribution in [2.24, 2.45) is 0 Å². The normalized spacial score (nSPS) is 9.75. The summed E-state index contributed by atoms with van der Waals surface area (Å²) in [7, 11) is 0. The van der Waals surface area contributed by atoms with Crippen molar-refractivity contribution in [3.05, 3.63) is 59.7 Å². The van der Waals surface area contributed by atoms with Crippen LogP contribution in [-0.4, -0.2) is 5.11 Å². The summed E-state index contributed by atoms with van der Waals surface area (Å²) in [6, 6.07) is 15.7. The van der Waals surface area contributed by atoms with Crippen molar-refractivity contribution in [1.82, 2.24) is 0 Å². The highest BCUT2D eigenvalue weighted by Crippen LogP contribution is 2.20. The Labute approximate surface area is 95.4 Å². The number of rotatable bonds is 2. The van der Waals surface area contributed by atoms with Gasteiger partial charge >= 0.3 is 0 Å². The third-order valence-corrected chi connectivity index (χ3v) is 2.52. The van der Waals surface area contributed by atoms with Gasteiger partial charge in [-0.3, -0.25) is 0 Å². The zero-order chi connectivity index (χ0) is 11.4. The van der Waals surface area contributed by atoms with Crippen LogP contribution in [0.2, 0.25) is 0 Å². The second kappa shape index (κ2) is 4.65. The van der Waals surface area contributed by atoms with Gasteiger partial charge in [-0.1, -0.05) is 42.3 Å². The standard InChI is InChI=1S/C15H12O/c1-2-12-3-7-14(8-4-12)15-9-5-13(11-16)6-10-15/h1,3-10,16H,11H2. The number of hydrogen-bond acceptors (Lipinski definition) is 1. The molecule has 16 heavy (non-hydrogen) atoms. The van der Waals surface area contributed by atoms with Crippen LogP contribution in [0.4, 0.5) is 0 Å². The Balaban J connectivity index is 2.32. The van der Waals surface area contributed by atoms with Crippen molar-refractivity contribution in [3.63, 3.8) is 0 Å². The van der Waals surface area contributed by atoms with Crippen LogP contribution >= 0.6 is 0 Å². The van der Waals surface area contributed by atoms with E-state index in [-0.39, 0.29) is 6.61 Å². The minimum Gasteiger partial charge on any atom is -0.392 e. The summed E-state index contributed by atoms with van der Waals surface area (Å²) >= 11 is 0. The predicted octanol–water partition coefficient (Wildman–Crippen LogP) is 2.83. The molecule has 1 nitrogen and oxygen atoms in total. The van der Waals surface area contributed by atoms with Crippen molar-refractivity contribution >= 4 is 0 Å². The van der Waals surface area contributed by atoms with Crippen LogP contribution in [0.15, 0.2) is 48.5 Å². The quantitative estimate of drug-likeness (QED) is 0.752. The maximum Gasteiger partial charge on any atom is 0.0681 e. The Morgan fingerprint density at radius 2 is 1.38 bits per heavy atom. The molecule has 0 aromatic heterocycles. The molecule has 0 spiro atoms. The fourth-order valence-electron chi connectivity index (χ4n) is 1.56. The molecule has 0 bridgehead atoms. The van der Waals surface area contributed by atoms with Gasteiger partial charge in [0.25, 0.3) is 0 Å². The minimum atomic E-state index is 0.0797. The van der Waals surface area contributed by atoms with Gasteiger partial charge in [0, 0.05) is 5.56 Å². The number of hydrogen-bond donors (Lipinski definition) is 1. The van der Waals surface area contributed by atoms with E-state index in [1.807, 2.05) is 48.5 Å². The van der Waals surface area contributed by atoms with E-state index in [2.05, 4.69) is 5.92 Å². The second-order valence-corrected chi connectivity index (χ2v) is 3.58. The third-order valence-electron chi connectivity index (χ3n) is 2.52. The van der Waals surface area contributed by atoms with Gasteiger partial charge in [0.1, 0.15) is 0 Å². The largest absolute Gasteiger partial charge is 0.392 e. The Morgan fingerprint density at radius 1 is 0.875 bits per heavy atom. The Kier molecular flexibility index (Phi) is 3.05. The molecule has 0 atom stereocenters. The highest BCUT2D eigenvalue weighted by Gasteiger charge is 1.97. The Hall–Kier alpha value is -2.04. The minimum absolute atomic E-state index is 0.0797. The van der Waals surface area contributed by atoms with Gasteiger partial charge in [-0.25, -0.2) is 0 Å². The molecule has 0 aliphatic carbocycles. The van der Waals surface area contributed by atoms with Gasteiger partial charge in [0.2, 0.25) is 0 Å². The maximum absolute atomic E-state index is 8.95. The van der Waals surface area contributed by atoms with Crippen LogP contribution in [-0.2, 0) is 6.61 Å². The summed E-state index contributed by atoms with van der Waals surface area (Å²) in [5.74, 6) is 2.59. The van der Waals surface area contributed by atoms with Gasteiger partial charge < -0.3 is 5.11 Å². The summed E-state index contributed by atoms with van der Waals surface area (Å²) < 4.78 is 0. The van der Waals surface area contributed by atoms with Crippen LogP contribution in [0, 0.1) is 12.3 Å². The summed E-state index contributed by atoms with van der Waals surface area (Å²) in [4.78, 5) is 0. The summed E-state index contributed by atoms with van der Waals surface area (Å²) in [6.45, 7) is 0.0797. The van der Waals surface area contributed by atoms with Gasteiger partial charge in [-0.2, -0.15) is 0 Å². The maximum atomic E-state index is 8.95. The van der Waals surface area contributed by atoms with E-state index in [1.54, 1.807) is 0 Å². The van der Waals surface area contributed by atoms with Gasteiger partial charge in [-0.15, -0.1) is 6.42 Å². The van der Waals surface area contributed by atoms with E-state index in [4.69, 9.17) is 11.5 Å². The first-order chi connectivity index (χ1) is 7.83. The molecular weight excluding hydrogens is 196 g/mol. The van der Waals surface area contributed by atoms with Crippen molar-refractivity contribution < 1.29 is 5.11 Å². The van der Waals surface area contributed by atoms with E-state index in [9.17, 15) is 0 Å². The first kappa shape index (κ1) is 10.5. The Morgan fingerprint density at radius 3 is 1.81 bits per heavy atom. The van der Waals surface area contributed by atoms with Crippen LogP contribution in [0.3, 0.4) is 0 Å². The molecule has 0 radical (unpaired) electrons. The van der Waals surface area contributed by atoms with Crippen molar-refractivity contribution in [3.8, 4) is 23.5 Å². The molecule has 2 rings (SSSR count). The van der Waals surface area contributed by atoms with E-state index in [1.165, 1.54) is 0 Å². The van der Waals surface area contributed by atoms with Crippen LogP contribution in [0.25, 0.3) is 11.1 Å². The lowest BCUT2D eigenvalue weighted by Gasteiger charge is -2.03. The number of aliphatic hydroxyl groups excluding tert-OH is 1. The van der Waals surface area contributed by atoms with Crippen molar-refractivity contribution in [1.29, 1.82) is 0 Å². The topological polar surface area (TPSA) is 20.2 Å². The Bertz CT molecular complexity index is 501. The molecule has 0 saturated carbocycles. The highest BCUT2D eigenvalue weighted by molar-refractivity contribution is 5.64. The fourth-order valence-corrected chi connectivity index (χ4v) is 1.56. The lowest BCUT2D eigenvalue weighted by molar-refractivity contribution is 0.282. The fraction of sp³-hybridized carbons (Fsp3) is 0.0667. The summed E-state index contributed by atoms with van der Waals surface area (Å²) in [5.41, 5.74) is 4.06. The molecule has 0 amide bonds. The van der Waals surface area contributed by atoms with Gasteiger partial charge in [0.05, 0.1) is 6.61 Å². The zero-order valence-corrected chi connectivity index (χ0v) is 8.85. The molecule has 1 N–H and O–H groups in total. The van der Waals surface area contributed by atoms with Crippen LogP contribution in [0.1, 0.15) is 11.1 Å². The lowest BCUT2D eigenvalue weighted by atomic mass is 10.0. The van der Waals surface area contributed by atoms with E-state index in [0.717, 1.165) is 22.3 Å². The predicted molar refractivity (Wildman–Crippen MR) is 65.7 cm³/mol. The molecular formula is C15H12O. The third kappa shape index (κ3) is 2.13. The van der Waals surface area contributed by atoms with E-state index in [0.29, 0.717) is 0 Å². The molecule has 0 saturated heterocycles. The molecule has 1 heteroatoms. The average Bonchev–Trinajstić information content (AvgIpc) is 2.39. The number of aliphatic hydroxyl groups is 1. The van der Waals surface area contributed by atoms with E-state index < -0.39 is 0 Å². The van der Waals surface area contributed by atoms with Crippen molar-refractivity contribution in [2.45, 2.75) is 6.61 Å². The smallest absolute Gasteiger partial charge is 0.0681 e.